The van der Waals surface area contributed by atoms with E-state index in [1.54, 1.807) is 0 Å². The summed E-state index contributed by atoms with van der Waals surface area (Å²) >= 11 is 0. The maximum Gasteiger partial charge on any atom is 0.0391 e. The van der Waals surface area contributed by atoms with E-state index < -0.39 is 0 Å². The highest BCUT2D eigenvalue weighted by Crippen LogP contribution is 2.21. The molecule has 0 aromatic rings. The molecule has 0 aromatic carbocycles. The van der Waals surface area contributed by atoms with Crippen LogP contribution in [0.2, 0.25) is 0 Å². The topological polar surface area (TPSA) is 44.5 Å². The molecule has 3 rings (SSSR count). The molecule has 0 aromatic heterocycles. The molecule has 3 heterocycles. The molecule has 3 saturated heterocycles. The van der Waals surface area contributed by atoms with Crippen LogP contribution < -0.4 is 11.3 Å². The van der Waals surface area contributed by atoms with Crippen LogP contribution in [-0.4, -0.2) is 54.6 Å². The summed E-state index contributed by atoms with van der Waals surface area (Å²) < 4.78 is 0. The fourth-order valence-electron chi connectivity index (χ4n) is 3.17. The van der Waals surface area contributed by atoms with Gasteiger partial charge in [-0.25, -0.2) is 0 Å². The molecule has 17 heavy (non-hydrogen) atoms. The van der Waals surface area contributed by atoms with Crippen LogP contribution in [0.4, 0.5) is 0 Å². The normalized spacial score (nSPS) is 34.2. The van der Waals surface area contributed by atoms with Crippen molar-refractivity contribution in [3.63, 3.8) is 0 Å². The minimum atomic E-state index is 0.469. The first-order chi connectivity index (χ1) is 8.20. The molecule has 0 spiro atoms. The van der Waals surface area contributed by atoms with Crippen molar-refractivity contribution in [2.24, 2.45) is 11.8 Å². The van der Waals surface area contributed by atoms with E-state index in [1.807, 2.05) is 0 Å². The van der Waals surface area contributed by atoms with E-state index in [-0.39, 0.29) is 0 Å². The van der Waals surface area contributed by atoms with E-state index in [1.165, 1.54) is 52.0 Å². The van der Waals surface area contributed by atoms with Crippen LogP contribution in [0.15, 0.2) is 0 Å². The van der Waals surface area contributed by atoms with Crippen LogP contribution in [0.3, 0.4) is 0 Å². The summed E-state index contributed by atoms with van der Waals surface area (Å²) in [5.41, 5.74) is 3.06. The number of piperazine rings is 3. The van der Waals surface area contributed by atoms with Gasteiger partial charge in [0.2, 0.25) is 0 Å². The fourth-order valence-corrected chi connectivity index (χ4v) is 3.17. The Morgan fingerprint density at radius 3 is 2.35 bits per heavy atom. The molecule has 100 valence electrons. The van der Waals surface area contributed by atoms with Crippen molar-refractivity contribution in [1.29, 1.82) is 0 Å². The number of nitrogens with two attached hydrogens (primary N) is 1. The molecule has 2 unspecified atom stereocenters. The molecule has 2 bridgehead atoms. The first-order valence-electron chi connectivity index (χ1n) is 7.13. The number of hydrogen-bond donors (Lipinski definition) is 2. The highest BCUT2D eigenvalue weighted by atomic mass is 15.4. The number of hydrazine groups is 1. The summed E-state index contributed by atoms with van der Waals surface area (Å²) in [6.45, 7) is 10.8. The van der Waals surface area contributed by atoms with Crippen molar-refractivity contribution in [3.8, 4) is 0 Å². The van der Waals surface area contributed by atoms with E-state index in [0.717, 1.165) is 5.92 Å². The van der Waals surface area contributed by atoms with E-state index in [0.29, 0.717) is 12.1 Å². The Hall–Kier alpha value is -0.160. The van der Waals surface area contributed by atoms with Gasteiger partial charge < -0.3 is 0 Å². The summed E-state index contributed by atoms with van der Waals surface area (Å²) in [6, 6.07) is 1.10. The molecule has 4 heteroatoms. The number of hydrogen-bond acceptors (Lipinski definition) is 4. The van der Waals surface area contributed by atoms with Crippen molar-refractivity contribution in [3.05, 3.63) is 0 Å². The first kappa shape index (κ1) is 13.3. The largest absolute Gasteiger partial charge is 0.299 e. The van der Waals surface area contributed by atoms with Crippen LogP contribution in [0.1, 0.15) is 33.1 Å². The quantitative estimate of drug-likeness (QED) is 0.528. The molecular formula is C13H28N4. The van der Waals surface area contributed by atoms with Gasteiger partial charge in [0, 0.05) is 44.8 Å². The predicted molar refractivity (Wildman–Crippen MR) is 71.6 cm³/mol. The number of nitrogens with one attached hydrogen (secondary N) is 1. The van der Waals surface area contributed by atoms with Gasteiger partial charge in [0.25, 0.3) is 0 Å². The second kappa shape index (κ2) is 6.14. The van der Waals surface area contributed by atoms with Crippen molar-refractivity contribution in [2.75, 3.05) is 32.7 Å². The number of rotatable bonds is 6. The highest BCUT2D eigenvalue weighted by molar-refractivity contribution is 4.94. The standard InChI is InChI=1S/C13H28N4/c1-11(2)4-3-5-12(15-14)13-10-16-6-8-17(13)9-7-16/h11-13,15H,3-10,14H2,1-2H3. The summed E-state index contributed by atoms with van der Waals surface area (Å²) in [5, 5.41) is 0. The fraction of sp³-hybridized carbons (Fsp3) is 1.00. The number of nitrogens with zero attached hydrogens (tertiary/aromatic N) is 2. The predicted octanol–water partition coefficient (Wildman–Crippen LogP) is 0.644. The molecule has 2 atom stereocenters. The molecule has 3 fully saturated rings. The van der Waals surface area contributed by atoms with Crippen LogP contribution >= 0.6 is 0 Å². The van der Waals surface area contributed by atoms with Gasteiger partial charge in [-0.05, 0) is 12.3 Å². The lowest BCUT2D eigenvalue weighted by molar-refractivity contribution is -0.00493. The van der Waals surface area contributed by atoms with E-state index >= 15 is 0 Å². The zero-order valence-electron chi connectivity index (χ0n) is 11.4. The third kappa shape index (κ3) is 3.41. The highest BCUT2D eigenvalue weighted by Gasteiger charge is 2.35. The Morgan fingerprint density at radius 1 is 1.18 bits per heavy atom. The van der Waals surface area contributed by atoms with Crippen LogP contribution in [-0.2, 0) is 0 Å². The van der Waals surface area contributed by atoms with E-state index in [2.05, 4.69) is 29.1 Å². The maximum absolute atomic E-state index is 5.76. The third-order valence-corrected chi connectivity index (χ3v) is 4.30. The molecule has 3 N–H and O–H groups in total. The minimum Gasteiger partial charge on any atom is -0.299 e. The van der Waals surface area contributed by atoms with Gasteiger partial charge in [-0.1, -0.05) is 26.7 Å². The molecule has 0 amide bonds. The Labute approximate surface area is 105 Å². The molecule has 0 saturated carbocycles. The van der Waals surface area contributed by atoms with Gasteiger partial charge in [-0.15, -0.1) is 0 Å². The van der Waals surface area contributed by atoms with Crippen LogP contribution in [0.5, 0.6) is 0 Å². The molecule has 0 aliphatic carbocycles. The average molecular weight is 240 g/mol. The van der Waals surface area contributed by atoms with Crippen LogP contribution in [0, 0.1) is 5.92 Å². The minimum absolute atomic E-state index is 0.469. The Bertz CT molecular complexity index is 223. The van der Waals surface area contributed by atoms with Crippen LogP contribution in [0.25, 0.3) is 0 Å². The molecule has 4 nitrogen and oxygen atoms in total. The van der Waals surface area contributed by atoms with Gasteiger partial charge in [-0.3, -0.25) is 21.1 Å². The van der Waals surface area contributed by atoms with Gasteiger partial charge in [0.05, 0.1) is 0 Å². The lowest BCUT2D eigenvalue weighted by atomic mass is 9.94. The Kier molecular flexibility index (Phi) is 4.79. The van der Waals surface area contributed by atoms with Gasteiger partial charge in [0.15, 0.2) is 0 Å². The summed E-state index contributed by atoms with van der Waals surface area (Å²) in [4.78, 5) is 5.21. The molecule has 3 aliphatic heterocycles. The van der Waals surface area contributed by atoms with Crippen molar-refractivity contribution in [1.82, 2.24) is 15.2 Å². The smallest absolute Gasteiger partial charge is 0.0391 e. The summed E-state index contributed by atoms with van der Waals surface area (Å²) in [6.07, 6.45) is 3.81. The van der Waals surface area contributed by atoms with Crippen molar-refractivity contribution >= 4 is 0 Å². The van der Waals surface area contributed by atoms with Crippen molar-refractivity contribution < 1.29 is 0 Å². The second-order valence-electron chi connectivity index (χ2n) is 6.00. The molecule has 3 aliphatic rings. The van der Waals surface area contributed by atoms with Gasteiger partial charge in [-0.2, -0.15) is 0 Å². The third-order valence-electron chi connectivity index (χ3n) is 4.30. The van der Waals surface area contributed by atoms with E-state index in [4.69, 9.17) is 5.84 Å². The first-order valence-corrected chi connectivity index (χ1v) is 7.13. The zero-order valence-corrected chi connectivity index (χ0v) is 11.4. The SMILES string of the molecule is CC(C)CCCC(NN)C1CN2CCN1CC2. The Morgan fingerprint density at radius 2 is 1.88 bits per heavy atom. The average Bonchev–Trinajstić information content (AvgIpc) is 2.35. The molecular weight excluding hydrogens is 212 g/mol. The second-order valence-corrected chi connectivity index (χ2v) is 6.00. The maximum atomic E-state index is 5.76. The van der Waals surface area contributed by atoms with Crippen molar-refractivity contribution in [2.45, 2.75) is 45.2 Å². The monoisotopic (exact) mass is 240 g/mol. The molecule has 0 radical (unpaired) electrons. The lowest BCUT2D eigenvalue weighted by Crippen LogP contribution is -2.67. The van der Waals surface area contributed by atoms with E-state index in [9.17, 15) is 0 Å². The van der Waals surface area contributed by atoms with Gasteiger partial charge >= 0.3 is 0 Å². The lowest BCUT2D eigenvalue weighted by Gasteiger charge is -2.50. The number of fused-ring (bicyclic) bond motifs is 3. The zero-order chi connectivity index (χ0) is 12.3. The summed E-state index contributed by atoms with van der Waals surface area (Å²) in [5.74, 6) is 6.56. The van der Waals surface area contributed by atoms with Gasteiger partial charge in [0.1, 0.15) is 0 Å². The summed E-state index contributed by atoms with van der Waals surface area (Å²) in [7, 11) is 0. The Balaban J connectivity index is 1.81.